The summed E-state index contributed by atoms with van der Waals surface area (Å²) in [6.07, 6.45) is 3.61. The highest BCUT2D eigenvalue weighted by Gasteiger charge is 2.19. The van der Waals surface area contributed by atoms with Crippen molar-refractivity contribution in [3.05, 3.63) is 30.1 Å². The normalized spacial score (nSPS) is 12.1. The fourth-order valence-electron chi connectivity index (χ4n) is 1.62. The lowest BCUT2D eigenvalue weighted by molar-refractivity contribution is -0.157. The maximum atomic E-state index is 11.6. The van der Waals surface area contributed by atoms with Gasteiger partial charge in [0.2, 0.25) is 0 Å². The lowest BCUT2D eigenvalue weighted by Gasteiger charge is -2.15. The minimum atomic E-state index is -0.446. The molecule has 0 aliphatic heterocycles. The second kappa shape index (κ2) is 8.64. The van der Waals surface area contributed by atoms with Crippen LogP contribution >= 0.6 is 0 Å². The largest absolute Gasteiger partial charge is 0.464 e. The Bertz CT molecular complexity index is 340. The average Bonchev–Trinajstić information content (AvgIpc) is 2.39. The van der Waals surface area contributed by atoms with Crippen molar-refractivity contribution in [2.45, 2.75) is 39.2 Å². The van der Waals surface area contributed by atoms with Gasteiger partial charge in [0.05, 0.1) is 13.2 Å². The number of hydrogen-bond donors (Lipinski definition) is 0. The maximum Gasteiger partial charge on any atom is 0.335 e. The lowest BCUT2D eigenvalue weighted by Crippen LogP contribution is -2.27. The van der Waals surface area contributed by atoms with Crippen LogP contribution in [0, 0.1) is 0 Å². The van der Waals surface area contributed by atoms with E-state index in [-0.39, 0.29) is 5.97 Å². The van der Waals surface area contributed by atoms with Crippen molar-refractivity contribution in [3.63, 3.8) is 0 Å². The molecule has 1 unspecified atom stereocenters. The topological polar surface area (TPSA) is 48.4 Å². The number of carbonyl (C=O) groups excluding carboxylic acids is 1. The van der Waals surface area contributed by atoms with Gasteiger partial charge in [-0.25, -0.2) is 4.79 Å². The van der Waals surface area contributed by atoms with E-state index in [9.17, 15) is 4.79 Å². The molecule has 0 aliphatic rings. The van der Waals surface area contributed by atoms with E-state index in [1.807, 2.05) is 25.1 Å². The Hall–Kier alpha value is -1.42. The van der Waals surface area contributed by atoms with E-state index in [4.69, 9.17) is 9.47 Å². The van der Waals surface area contributed by atoms with E-state index in [2.05, 4.69) is 4.98 Å². The van der Waals surface area contributed by atoms with Crippen molar-refractivity contribution in [3.8, 4) is 0 Å². The van der Waals surface area contributed by atoms with E-state index in [0.29, 0.717) is 26.1 Å². The van der Waals surface area contributed by atoms with Crippen LogP contribution in [0.3, 0.4) is 0 Å². The third-order valence-corrected chi connectivity index (χ3v) is 2.50. The molecule has 0 aliphatic carbocycles. The Balaban J connectivity index is 2.35. The third-order valence-electron chi connectivity index (χ3n) is 2.50. The van der Waals surface area contributed by atoms with E-state index in [1.165, 1.54) is 0 Å². The molecule has 0 N–H and O–H groups in total. The van der Waals surface area contributed by atoms with Crippen molar-refractivity contribution >= 4 is 5.97 Å². The van der Waals surface area contributed by atoms with Gasteiger partial charge >= 0.3 is 5.97 Å². The Kier molecular flexibility index (Phi) is 7.03. The van der Waals surface area contributed by atoms with Crippen LogP contribution in [-0.2, 0) is 20.7 Å². The van der Waals surface area contributed by atoms with E-state index >= 15 is 0 Å². The molecule has 1 rings (SSSR count). The monoisotopic (exact) mass is 251 g/mol. The summed E-state index contributed by atoms with van der Waals surface area (Å²) in [5.74, 6) is -0.264. The summed E-state index contributed by atoms with van der Waals surface area (Å²) in [5.41, 5.74) is 0.969. The molecule has 4 nitrogen and oxygen atoms in total. The van der Waals surface area contributed by atoms with Gasteiger partial charge in [-0.3, -0.25) is 4.98 Å². The van der Waals surface area contributed by atoms with Crippen LogP contribution in [0.2, 0.25) is 0 Å². The lowest BCUT2D eigenvalue weighted by atomic mass is 10.2. The molecular formula is C14H21NO3. The zero-order valence-corrected chi connectivity index (χ0v) is 11.1. The first kappa shape index (κ1) is 14.6. The Morgan fingerprint density at radius 3 is 2.83 bits per heavy atom. The molecule has 0 fully saturated rings. The van der Waals surface area contributed by atoms with Gasteiger partial charge in [-0.2, -0.15) is 0 Å². The summed E-state index contributed by atoms with van der Waals surface area (Å²) in [4.78, 5) is 15.8. The highest BCUT2D eigenvalue weighted by Crippen LogP contribution is 2.06. The van der Waals surface area contributed by atoms with Crippen molar-refractivity contribution < 1.29 is 14.3 Å². The summed E-state index contributed by atoms with van der Waals surface area (Å²) in [6, 6.07) is 5.77. The molecule has 0 spiro atoms. The second-order valence-corrected chi connectivity index (χ2v) is 3.97. The number of pyridine rings is 1. The second-order valence-electron chi connectivity index (χ2n) is 3.97. The molecule has 0 radical (unpaired) electrons. The minimum Gasteiger partial charge on any atom is -0.464 e. The molecule has 1 heterocycles. The molecule has 1 aromatic heterocycles. The third kappa shape index (κ3) is 5.27. The smallest absolute Gasteiger partial charge is 0.335 e. The number of hydrogen-bond acceptors (Lipinski definition) is 4. The molecule has 0 aromatic carbocycles. The number of rotatable bonds is 8. The molecule has 1 atom stereocenters. The average molecular weight is 251 g/mol. The van der Waals surface area contributed by atoms with E-state index in [0.717, 1.165) is 12.1 Å². The van der Waals surface area contributed by atoms with Crippen molar-refractivity contribution in [2.24, 2.45) is 0 Å². The fraction of sp³-hybridized carbons (Fsp3) is 0.571. The summed E-state index contributed by atoms with van der Waals surface area (Å²) in [7, 11) is 0. The molecule has 4 heteroatoms. The Labute approximate surface area is 108 Å². The molecule has 0 bridgehead atoms. The van der Waals surface area contributed by atoms with Crippen molar-refractivity contribution in [1.29, 1.82) is 0 Å². The molecule has 100 valence electrons. The summed E-state index contributed by atoms with van der Waals surface area (Å²) >= 11 is 0. The van der Waals surface area contributed by atoms with E-state index < -0.39 is 6.10 Å². The van der Waals surface area contributed by atoms with Crippen LogP contribution in [0.15, 0.2) is 24.4 Å². The molecule has 18 heavy (non-hydrogen) atoms. The molecule has 1 aromatic rings. The molecule has 0 saturated carbocycles. The highest BCUT2D eigenvalue weighted by atomic mass is 16.6. The van der Waals surface area contributed by atoms with Gasteiger partial charge in [0, 0.05) is 18.3 Å². The fourth-order valence-corrected chi connectivity index (χ4v) is 1.62. The van der Waals surface area contributed by atoms with Gasteiger partial charge in [0.25, 0.3) is 0 Å². The van der Waals surface area contributed by atoms with Crippen LogP contribution in [0.25, 0.3) is 0 Å². The Morgan fingerprint density at radius 2 is 2.22 bits per heavy atom. The number of esters is 1. The van der Waals surface area contributed by atoms with Crippen LogP contribution < -0.4 is 0 Å². The molecular weight excluding hydrogens is 230 g/mol. The zero-order chi connectivity index (χ0) is 13.2. The quantitative estimate of drug-likeness (QED) is 0.665. The number of nitrogens with zero attached hydrogens (tertiary/aromatic N) is 1. The van der Waals surface area contributed by atoms with Gasteiger partial charge in [-0.1, -0.05) is 19.4 Å². The van der Waals surface area contributed by atoms with Gasteiger partial charge in [0.15, 0.2) is 6.10 Å². The molecule has 0 amide bonds. The number of ether oxygens (including phenoxy) is 2. The summed E-state index contributed by atoms with van der Waals surface area (Å²) < 4.78 is 10.6. The van der Waals surface area contributed by atoms with Crippen LogP contribution in [-0.4, -0.2) is 30.3 Å². The minimum absolute atomic E-state index is 0.264. The van der Waals surface area contributed by atoms with Gasteiger partial charge < -0.3 is 9.47 Å². The first-order valence-corrected chi connectivity index (χ1v) is 6.46. The first-order valence-electron chi connectivity index (χ1n) is 6.46. The van der Waals surface area contributed by atoms with Crippen LogP contribution in [0.5, 0.6) is 0 Å². The molecule has 0 saturated heterocycles. The summed E-state index contributed by atoms with van der Waals surface area (Å²) in [6.45, 7) is 4.70. The van der Waals surface area contributed by atoms with Gasteiger partial charge in [-0.05, 0) is 25.5 Å². The summed E-state index contributed by atoms with van der Waals surface area (Å²) in [5, 5.41) is 0. The number of carbonyl (C=O) groups is 1. The first-order chi connectivity index (χ1) is 8.77. The van der Waals surface area contributed by atoms with Crippen molar-refractivity contribution in [2.75, 3.05) is 13.2 Å². The van der Waals surface area contributed by atoms with E-state index in [1.54, 1.807) is 13.1 Å². The predicted molar refractivity (Wildman–Crippen MR) is 69.2 cm³/mol. The standard InChI is InChI=1S/C14H21NO3/c1-3-7-13(14(16)17-4-2)18-11-9-12-8-5-6-10-15-12/h5-6,8,10,13H,3-4,7,9,11H2,1-2H3. The van der Waals surface area contributed by atoms with Crippen LogP contribution in [0.1, 0.15) is 32.4 Å². The van der Waals surface area contributed by atoms with Gasteiger partial charge in [-0.15, -0.1) is 0 Å². The predicted octanol–water partition coefficient (Wildman–Crippen LogP) is 2.37. The number of aromatic nitrogens is 1. The zero-order valence-electron chi connectivity index (χ0n) is 11.1. The Morgan fingerprint density at radius 1 is 1.39 bits per heavy atom. The van der Waals surface area contributed by atoms with Gasteiger partial charge in [0.1, 0.15) is 0 Å². The highest BCUT2D eigenvalue weighted by molar-refractivity contribution is 5.74. The van der Waals surface area contributed by atoms with Crippen LogP contribution in [0.4, 0.5) is 0 Å². The van der Waals surface area contributed by atoms with Crippen molar-refractivity contribution in [1.82, 2.24) is 4.98 Å². The SMILES string of the molecule is CCCC(OCCc1ccccn1)C(=O)OCC. The maximum absolute atomic E-state index is 11.6.